The van der Waals surface area contributed by atoms with Crippen LogP contribution in [-0.2, 0) is 0 Å². The topological polar surface area (TPSA) is 42.2 Å². The zero-order valence-electron chi connectivity index (χ0n) is 12.5. The second-order valence-corrected chi connectivity index (χ2v) is 6.43. The molecule has 1 unspecified atom stereocenters. The molecule has 23 heavy (non-hydrogen) atoms. The van der Waals surface area contributed by atoms with Gasteiger partial charge in [-0.2, -0.15) is 0 Å². The molecule has 0 spiro atoms. The summed E-state index contributed by atoms with van der Waals surface area (Å²) in [5, 5.41) is 4.75. The number of furan rings is 1. The number of hydrogen-bond acceptors (Lipinski definition) is 2. The molecule has 0 radical (unpaired) electrons. The predicted molar refractivity (Wildman–Crippen MR) is 90.6 cm³/mol. The van der Waals surface area contributed by atoms with Gasteiger partial charge < -0.3 is 9.73 Å². The number of carbonyl (C=O) groups excluding carboxylic acids is 1. The molecule has 1 aliphatic rings. The number of fused-ring (bicyclic) bond motifs is 1. The molecule has 0 bridgehead atoms. The summed E-state index contributed by atoms with van der Waals surface area (Å²) >= 11 is 5.96. The van der Waals surface area contributed by atoms with E-state index in [0.717, 1.165) is 29.4 Å². The average molecular weight is 326 g/mol. The molecule has 116 valence electrons. The Morgan fingerprint density at radius 3 is 2.57 bits per heavy atom. The fraction of sp³-hybridized carbons (Fsp3) is 0.211. The zero-order valence-corrected chi connectivity index (χ0v) is 13.2. The number of hydrogen-bond donors (Lipinski definition) is 1. The Balaban J connectivity index is 1.58. The van der Waals surface area contributed by atoms with E-state index in [2.05, 4.69) is 5.32 Å². The lowest BCUT2D eigenvalue weighted by molar-refractivity contribution is 0.0905. The third-order valence-corrected chi connectivity index (χ3v) is 4.51. The molecule has 1 aromatic heterocycles. The summed E-state index contributed by atoms with van der Waals surface area (Å²) in [4.78, 5) is 12.6. The van der Waals surface area contributed by atoms with Crippen LogP contribution < -0.4 is 5.32 Å². The molecule has 1 atom stereocenters. The summed E-state index contributed by atoms with van der Waals surface area (Å²) in [6.45, 7) is 0. The number of nitrogens with one attached hydrogen (secondary N) is 1. The summed E-state index contributed by atoms with van der Waals surface area (Å²) in [7, 11) is 0. The van der Waals surface area contributed by atoms with Crippen LogP contribution in [0.15, 0.2) is 59.0 Å². The average Bonchev–Trinajstić information content (AvgIpc) is 3.31. The largest absolute Gasteiger partial charge is 0.451 e. The van der Waals surface area contributed by atoms with Gasteiger partial charge in [-0.05, 0) is 48.6 Å². The molecule has 1 fully saturated rings. The summed E-state index contributed by atoms with van der Waals surface area (Å²) in [5.74, 6) is 0.670. The quantitative estimate of drug-likeness (QED) is 0.736. The molecule has 4 rings (SSSR count). The second kappa shape index (κ2) is 5.74. The maximum absolute atomic E-state index is 12.6. The van der Waals surface area contributed by atoms with Gasteiger partial charge in [0.25, 0.3) is 5.91 Å². The first kappa shape index (κ1) is 14.3. The standard InChI is InChI=1S/C19H16ClNO2/c20-15-9-7-13(8-10-15)18(12-5-6-12)21-19(22)17-11-14-3-1-2-4-16(14)23-17/h1-4,7-12,18H,5-6H2,(H,21,22). The number of benzene rings is 2. The lowest BCUT2D eigenvalue weighted by Gasteiger charge is -2.18. The summed E-state index contributed by atoms with van der Waals surface area (Å²) in [6.07, 6.45) is 2.27. The van der Waals surface area contributed by atoms with Crippen molar-refractivity contribution in [3.63, 3.8) is 0 Å². The van der Waals surface area contributed by atoms with Crippen molar-refractivity contribution in [2.75, 3.05) is 0 Å². The number of carbonyl (C=O) groups is 1. The molecule has 2 aromatic carbocycles. The van der Waals surface area contributed by atoms with Gasteiger partial charge >= 0.3 is 0 Å². The first-order valence-corrected chi connectivity index (χ1v) is 8.13. The van der Waals surface area contributed by atoms with Gasteiger partial charge in [0, 0.05) is 10.4 Å². The molecular weight excluding hydrogens is 310 g/mol. The van der Waals surface area contributed by atoms with Crippen molar-refractivity contribution in [3.8, 4) is 0 Å². The third kappa shape index (κ3) is 2.97. The van der Waals surface area contributed by atoms with E-state index in [1.165, 1.54) is 0 Å². The maximum atomic E-state index is 12.6. The molecule has 3 aromatic rings. The van der Waals surface area contributed by atoms with Crippen molar-refractivity contribution < 1.29 is 9.21 Å². The molecule has 1 saturated carbocycles. The normalized spacial score (nSPS) is 15.5. The van der Waals surface area contributed by atoms with E-state index in [1.54, 1.807) is 6.07 Å². The Morgan fingerprint density at radius 2 is 1.87 bits per heavy atom. The minimum atomic E-state index is -0.173. The van der Waals surface area contributed by atoms with E-state index in [1.807, 2.05) is 48.5 Å². The van der Waals surface area contributed by atoms with Gasteiger partial charge in [-0.25, -0.2) is 0 Å². The Kier molecular flexibility index (Phi) is 3.58. The van der Waals surface area contributed by atoms with E-state index in [-0.39, 0.29) is 11.9 Å². The molecule has 1 N–H and O–H groups in total. The second-order valence-electron chi connectivity index (χ2n) is 5.99. The van der Waals surface area contributed by atoms with E-state index in [4.69, 9.17) is 16.0 Å². The first-order valence-electron chi connectivity index (χ1n) is 7.75. The van der Waals surface area contributed by atoms with Gasteiger partial charge in [-0.1, -0.05) is 41.9 Å². The van der Waals surface area contributed by atoms with Gasteiger partial charge in [0.15, 0.2) is 5.76 Å². The van der Waals surface area contributed by atoms with Gasteiger partial charge in [-0.15, -0.1) is 0 Å². The Morgan fingerprint density at radius 1 is 1.13 bits per heavy atom. The highest BCUT2D eigenvalue weighted by Crippen LogP contribution is 2.41. The smallest absolute Gasteiger partial charge is 0.287 e. The van der Waals surface area contributed by atoms with Gasteiger partial charge in [0.2, 0.25) is 0 Å². The molecule has 1 amide bonds. The van der Waals surface area contributed by atoms with E-state index in [0.29, 0.717) is 16.7 Å². The highest BCUT2D eigenvalue weighted by atomic mass is 35.5. The highest BCUT2D eigenvalue weighted by molar-refractivity contribution is 6.30. The summed E-state index contributed by atoms with van der Waals surface area (Å²) in [5.41, 5.74) is 1.81. The minimum Gasteiger partial charge on any atom is -0.451 e. The van der Waals surface area contributed by atoms with Crippen LogP contribution in [0.25, 0.3) is 11.0 Å². The fourth-order valence-corrected chi connectivity index (χ4v) is 3.01. The number of halogens is 1. The van der Waals surface area contributed by atoms with Crippen molar-refractivity contribution in [2.24, 2.45) is 5.92 Å². The lowest BCUT2D eigenvalue weighted by atomic mass is 10.0. The van der Waals surface area contributed by atoms with Gasteiger partial charge in [0.1, 0.15) is 5.58 Å². The number of amides is 1. The maximum Gasteiger partial charge on any atom is 0.287 e. The van der Waals surface area contributed by atoms with Crippen LogP contribution in [0.5, 0.6) is 0 Å². The minimum absolute atomic E-state index is 0.00739. The number of rotatable bonds is 4. The molecule has 3 nitrogen and oxygen atoms in total. The van der Waals surface area contributed by atoms with Crippen LogP contribution in [0.1, 0.15) is 35.0 Å². The van der Waals surface area contributed by atoms with Crippen LogP contribution in [0.2, 0.25) is 5.02 Å². The van der Waals surface area contributed by atoms with Crippen LogP contribution in [0, 0.1) is 5.92 Å². The van der Waals surface area contributed by atoms with Crippen molar-refractivity contribution in [3.05, 3.63) is 70.9 Å². The molecule has 0 saturated heterocycles. The highest BCUT2D eigenvalue weighted by Gasteiger charge is 2.34. The van der Waals surface area contributed by atoms with Crippen LogP contribution in [0.3, 0.4) is 0 Å². The molecule has 0 aliphatic heterocycles. The first-order chi connectivity index (χ1) is 11.2. The Labute approximate surface area is 139 Å². The predicted octanol–water partition coefficient (Wildman–Crippen LogP) is 4.97. The molecule has 1 heterocycles. The van der Waals surface area contributed by atoms with E-state index in [9.17, 15) is 4.79 Å². The Hall–Kier alpha value is -2.26. The van der Waals surface area contributed by atoms with Gasteiger partial charge in [0.05, 0.1) is 6.04 Å². The van der Waals surface area contributed by atoms with Crippen LogP contribution in [-0.4, -0.2) is 5.91 Å². The van der Waals surface area contributed by atoms with Crippen molar-refractivity contribution in [1.29, 1.82) is 0 Å². The molecular formula is C19H16ClNO2. The number of para-hydroxylation sites is 1. The fourth-order valence-electron chi connectivity index (χ4n) is 2.88. The van der Waals surface area contributed by atoms with E-state index < -0.39 is 0 Å². The van der Waals surface area contributed by atoms with Crippen molar-refractivity contribution in [1.82, 2.24) is 5.32 Å². The monoisotopic (exact) mass is 325 g/mol. The van der Waals surface area contributed by atoms with E-state index >= 15 is 0 Å². The molecule has 4 heteroatoms. The van der Waals surface area contributed by atoms with Gasteiger partial charge in [-0.3, -0.25) is 4.79 Å². The van der Waals surface area contributed by atoms with Crippen molar-refractivity contribution >= 4 is 28.5 Å². The molecule has 1 aliphatic carbocycles. The SMILES string of the molecule is O=C(NC(c1ccc(Cl)cc1)C1CC1)c1cc2ccccc2o1. The zero-order chi connectivity index (χ0) is 15.8. The van der Waals surface area contributed by atoms with Crippen LogP contribution >= 0.6 is 11.6 Å². The summed E-state index contributed by atoms with van der Waals surface area (Å²) in [6, 6.07) is 17.1. The third-order valence-electron chi connectivity index (χ3n) is 4.26. The van der Waals surface area contributed by atoms with Crippen LogP contribution in [0.4, 0.5) is 0 Å². The Bertz CT molecular complexity index is 816. The summed E-state index contributed by atoms with van der Waals surface area (Å²) < 4.78 is 5.65. The van der Waals surface area contributed by atoms with Crippen molar-refractivity contribution in [2.45, 2.75) is 18.9 Å². The lowest BCUT2D eigenvalue weighted by Crippen LogP contribution is -2.29.